The second-order valence-electron chi connectivity index (χ2n) is 23.5. The maximum absolute atomic E-state index is 15.3. The Kier molecular flexibility index (Phi) is 21.2. The number of imide groups is 1. The van der Waals surface area contributed by atoms with Gasteiger partial charge in [-0.1, -0.05) is 27.2 Å². The Bertz CT molecular complexity index is 3090. The molecule has 87 heavy (non-hydrogen) atoms. The lowest BCUT2D eigenvalue weighted by Gasteiger charge is -2.40. The monoisotopic (exact) mass is 1240 g/mol. The van der Waals surface area contributed by atoms with Gasteiger partial charge in [-0.2, -0.15) is 0 Å². The molecule has 12 amide bonds. The van der Waals surface area contributed by atoms with Crippen LogP contribution in [-0.2, 0) is 81.3 Å². The number of hydrogen-bond donors (Lipinski definition) is 14. The summed E-state index contributed by atoms with van der Waals surface area (Å²) in [6.45, 7) is 3.22. The van der Waals surface area contributed by atoms with Crippen LogP contribution in [0.5, 0.6) is 5.75 Å². The number of aromatic amines is 1. The highest BCUT2D eigenvalue weighted by Crippen LogP contribution is 2.36. The predicted octanol–water partition coefficient (Wildman–Crippen LogP) is -5.64. The molecule has 8 rings (SSSR count). The molecule has 474 valence electrons. The summed E-state index contributed by atoms with van der Waals surface area (Å²) >= 11 is 0. The Morgan fingerprint density at radius 3 is 2.11 bits per heavy atom. The number of nitrogens with one attached hydrogen (secondary N) is 9. The third-order valence-corrected chi connectivity index (χ3v) is 18.8. The summed E-state index contributed by atoms with van der Waals surface area (Å²) in [5, 5.41) is 63.9. The maximum atomic E-state index is 15.3. The largest absolute Gasteiger partial charge is 0.508 e. The molecule has 2 bridgehead atoms. The lowest BCUT2D eigenvalue weighted by atomic mass is 9.81. The average Bonchev–Trinajstić information content (AvgIpc) is 1.88. The van der Waals surface area contributed by atoms with Crippen LogP contribution in [0.3, 0.4) is 0 Å². The molecule has 15 N–H and O–H groups in total. The molecule has 3 fully saturated rings. The number of aromatic nitrogens is 1. The molecule has 0 radical (unpaired) electrons. The standard InChI is InChI=1S/C56H77N13O17S/c1-4-26(2)46-53(83)60-17-42(75)61-37-25-87(86)55-33(32-9-10-39(72)34(48(32)66-55)23-67-19-29(20-67)16-58-49(79)30-7-5-28(6-8-30)21-69-44(77)11-12-45(69)78)14-35(50(80)59-18-43(76)64-46)62-54(84)47(27(3)40(73)24-70)65-52(82)38-13-31(71)22-68(38)56(85)36(15-41(57)74)63-51(37)81/h9-12,26-31,35-38,40,46-47,66,70-73H,4-8,13-25H2,1-3H3,(H2,57,74)(H,58,79)(H,59,80)(H,60,83)(H,61,75)(H,62,84)(H,63,81)(H,64,76)(H,65,82)/t26-,27+,28?,30?,31+,35+,36-,37+,38-,40+,46-,47-,87?/m0/s1. The normalized spacial score (nSPS) is 28.9. The second-order valence-corrected chi connectivity index (χ2v) is 25.0. The van der Waals surface area contributed by atoms with Gasteiger partial charge < -0.3 is 78.6 Å². The highest BCUT2D eigenvalue weighted by molar-refractivity contribution is 7.85. The molecule has 2 saturated heterocycles. The SMILES string of the molecule is CC[C@H](C)[C@@H]1NC(=O)CNC(=O)[C@H]2Cc3c([nH]c4c(CN5CC(CNC(=O)C6CCC(CN7C(=O)C=CC7=O)CC6)C5)c(O)ccc34)S(=O)C[C@@H](NC(=O)CNC1=O)C(=O)N[C@@H](CC(N)=O)C(=O)N1C[C@H](O)C[C@H]1C(=O)N[C@@H]([C@H](C)[C@H](O)CO)C(=O)N2. The number of benzene rings is 1. The molecule has 31 heteroatoms. The molecule has 1 unspecified atom stereocenters. The number of fused-ring (bicyclic) bond motifs is 5. The molecule has 5 aliphatic heterocycles. The number of aromatic hydroxyl groups is 1. The molecule has 1 aromatic heterocycles. The Morgan fingerprint density at radius 2 is 1.46 bits per heavy atom. The third-order valence-electron chi connectivity index (χ3n) is 17.3. The van der Waals surface area contributed by atoms with Crippen LogP contribution in [-0.4, -0.2) is 222 Å². The number of carbonyl (C=O) groups is 12. The summed E-state index contributed by atoms with van der Waals surface area (Å²) < 4.78 is 15.3. The highest BCUT2D eigenvalue weighted by Gasteiger charge is 2.46. The third kappa shape index (κ3) is 15.5. The zero-order chi connectivity index (χ0) is 63.1. The van der Waals surface area contributed by atoms with Crippen molar-refractivity contribution in [3.8, 4) is 5.75 Å². The number of nitrogens with zero attached hydrogens (tertiary/aromatic N) is 3. The number of hydrogen-bond acceptors (Lipinski definition) is 18. The van der Waals surface area contributed by atoms with Crippen molar-refractivity contribution in [3.05, 3.63) is 35.4 Å². The minimum atomic E-state index is -2.50. The fourth-order valence-corrected chi connectivity index (χ4v) is 13.4. The van der Waals surface area contributed by atoms with Gasteiger partial charge >= 0.3 is 0 Å². The van der Waals surface area contributed by atoms with Crippen LogP contribution >= 0.6 is 0 Å². The molecule has 6 heterocycles. The molecule has 6 aliphatic rings. The Balaban J connectivity index is 1.14. The van der Waals surface area contributed by atoms with Crippen molar-refractivity contribution in [1.82, 2.24) is 62.2 Å². The average molecular weight is 1240 g/mol. The molecule has 30 nitrogen and oxygen atoms in total. The van der Waals surface area contributed by atoms with E-state index in [9.17, 15) is 78.0 Å². The summed E-state index contributed by atoms with van der Waals surface area (Å²) in [6.07, 6.45) is 0.364. The molecule has 1 saturated carbocycles. The number of amides is 12. The maximum Gasteiger partial charge on any atom is 0.253 e. The van der Waals surface area contributed by atoms with Gasteiger partial charge in [0.2, 0.25) is 59.1 Å². The van der Waals surface area contributed by atoms with Gasteiger partial charge in [-0.3, -0.25) is 71.5 Å². The summed E-state index contributed by atoms with van der Waals surface area (Å²) in [4.78, 5) is 172. The van der Waals surface area contributed by atoms with E-state index in [1.165, 1.54) is 36.1 Å². The lowest BCUT2D eigenvalue weighted by Crippen LogP contribution is -2.62. The van der Waals surface area contributed by atoms with E-state index in [0.29, 0.717) is 58.3 Å². The number of likely N-dealkylation sites (tertiary alicyclic amines) is 1. The molecule has 0 spiro atoms. The molecule has 1 aliphatic carbocycles. The van der Waals surface area contributed by atoms with E-state index in [4.69, 9.17) is 5.73 Å². The first-order chi connectivity index (χ1) is 41.3. The van der Waals surface area contributed by atoms with Gasteiger partial charge in [-0.25, -0.2) is 0 Å². The first kappa shape index (κ1) is 65.1. The van der Waals surface area contributed by atoms with Crippen LogP contribution in [0.2, 0.25) is 0 Å². The molecular weight excluding hydrogens is 1160 g/mol. The minimum absolute atomic E-state index is 0.00330. The minimum Gasteiger partial charge on any atom is -0.508 e. The van der Waals surface area contributed by atoms with E-state index in [1.54, 1.807) is 13.8 Å². The summed E-state index contributed by atoms with van der Waals surface area (Å²) in [7, 11) is -2.50. The number of aliphatic hydroxyl groups excluding tert-OH is 3. The zero-order valence-electron chi connectivity index (χ0n) is 48.5. The molecule has 2 aromatic rings. The van der Waals surface area contributed by atoms with Gasteiger partial charge in [0, 0.05) is 93.0 Å². The number of aliphatic hydroxyl groups is 3. The number of carbonyl (C=O) groups excluding carboxylic acids is 12. The second kappa shape index (κ2) is 28.3. The number of H-pyrrole nitrogens is 1. The van der Waals surface area contributed by atoms with Crippen molar-refractivity contribution < 1.29 is 82.2 Å². The van der Waals surface area contributed by atoms with Crippen molar-refractivity contribution in [3.63, 3.8) is 0 Å². The van der Waals surface area contributed by atoms with E-state index < -0.39 is 176 Å². The van der Waals surface area contributed by atoms with Crippen LogP contribution < -0.4 is 48.3 Å². The quantitative estimate of drug-likeness (QED) is 0.0784. The highest BCUT2D eigenvalue weighted by atomic mass is 32.2. The van der Waals surface area contributed by atoms with Gasteiger partial charge in [-0.15, -0.1) is 0 Å². The van der Waals surface area contributed by atoms with E-state index in [2.05, 4.69) is 47.5 Å². The fourth-order valence-electron chi connectivity index (χ4n) is 12.0. The number of phenolic OH excluding ortho intramolecular Hbond substituents is 1. The van der Waals surface area contributed by atoms with Gasteiger partial charge in [0.1, 0.15) is 47.0 Å². The summed E-state index contributed by atoms with van der Waals surface area (Å²) in [5.74, 6) is -13.4. The topological polar surface area (TPSA) is 451 Å². The molecule has 11 atom stereocenters. The van der Waals surface area contributed by atoms with Crippen molar-refractivity contribution in [2.75, 3.05) is 58.2 Å². The fraction of sp³-hybridized carbons (Fsp3) is 0.607. The molecule has 1 aromatic carbocycles. The number of primary amides is 1. The number of phenols is 1. The van der Waals surface area contributed by atoms with Crippen molar-refractivity contribution in [2.45, 2.75) is 132 Å². The van der Waals surface area contributed by atoms with Gasteiger partial charge in [0.05, 0.1) is 60.4 Å². The van der Waals surface area contributed by atoms with Crippen molar-refractivity contribution in [1.29, 1.82) is 0 Å². The van der Waals surface area contributed by atoms with Gasteiger partial charge in [0.25, 0.3) is 11.8 Å². The van der Waals surface area contributed by atoms with Crippen molar-refractivity contribution >= 4 is 92.6 Å². The zero-order valence-corrected chi connectivity index (χ0v) is 49.3. The van der Waals surface area contributed by atoms with Gasteiger partial charge in [0.15, 0.2) is 0 Å². The van der Waals surface area contributed by atoms with E-state index in [1.807, 2.05) is 4.90 Å². The van der Waals surface area contributed by atoms with Crippen LogP contribution in [0.25, 0.3) is 10.9 Å². The van der Waals surface area contributed by atoms with Crippen LogP contribution in [0.15, 0.2) is 29.3 Å². The van der Waals surface area contributed by atoms with E-state index >= 15 is 4.21 Å². The Morgan fingerprint density at radius 1 is 0.793 bits per heavy atom. The van der Waals surface area contributed by atoms with E-state index in [0.717, 1.165) is 4.90 Å². The van der Waals surface area contributed by atoms with Crippen LogP contribution in [0, 0.1) is 29.6 Å². The Labute approximate surface area is 502 Å². The van der Waals surface area contributed by atoms with Crippen LogP contribution in [0.4, 0.5) is 0 Å². The smallest absolute Gasteiger partial charge is 0.253 e. The Hall–Kier alpha value is -7.87. The van der Waals surface area contributed by atoms with Crippen LogP contribution in [0.1, 0.15) is 76.8 Å². The van der Waals surface area contributed by atoms with E-state index in [-0.39, 0.29) is 74.8 Å². The van der Waals surface area contributed by atoms with Crippen molar-refractivity contribution in [2.24, 2.45) is 35.3 Å². The lowest BCUT2D eigenvalue weighted by molar-refractivity contribution is -0.144. The number of nitrogens with two attached hydrogens (primary N) is 1. The molecular formula is C56H77N13O17S. The first-order valence-electron chi connectivity index (χ1n) is 29.2. The number of rotatable bonds is 14. The summed E-state index contributed by atoms with van der Waals surface area (Å²) in [5.41, 5.74) is 6.07. The summed E-state index contributed by atoms with van der Waals surface area (Å²) in [6, 6.07) is -7.51. The predicted molar refractivity (Wildman–Crippen MR) is 305 cm³/mol. The first-order valence-corrected chi connectivity index (χ1v) is 30.5. The van der Waals surface area contributed by atoms with Gasteiger partial charge in [-0.05, 0) is 55.2 Å².